The average molecular weight is 197 g/mol. The monoisotopic (exact) mass is 197 g/mol. The van der Waals surface area contributed by atoms with Crippen LogP contribution in [0.2, 0.25) is 0 Å². The van der Waals surface area contributed by atoms with Crippen LogP contribution in [0.3, 0.4) is 0 Å². The van der Waals surface area contributed by atoms with Gasteiger partial charge in [0.1, 0.15) is 6.26 Å². The van der Waals surface area contributed by atoms with Gasteiger partial charge in [-0.3, -0.25) is 4.79 Å². The van der Waals surface area contributed by atoms with Crippen molar-refractivity contribution in [1.29, 1.82) is 0 Å². The number of carbonyl (C=O) groups excluding carboxylic acids is 1. The molecule has 1 aromatic rings. The number of nitrogens with two attached hydrogens (primary N) is 1. The van der Waals surface area contributed by atoms with Gasteiger partial charge in [0.15, 0.2) is 5.69 Å². The smallest absolute Gasteiger partial charge is 0.274 e. The van der Waals surface area contributed by atoms with Crippen LogP contribution >= 0.6 is 0 Å². The summed E-state index contributed by atoms with van der Waals surface area (Å²) in [5.74, 6) is -0.258. The maximum absolute atomic E-state index is 11.6. The molecular weight excluding hydrogens is 182 g/mol. The van der Waals surface area contributed by atoms with Crippen molar-refractivity contribution in [3.63, 3.8) is 0 Å². The summed E-state index contributed by atoms with van der Waals surface area (Å²) in [6.45, 7) is 5.83. The zero-order valence-corrected chi connectivity index (χ0v) is 8.63. The minimum atomic E-state index is -0.428. The topological polar surface area (TPSA) is 81.2 Å². The van der Waals surface area contributed by atoms with E-state index in [0.29, 0.717) is 12.2 Å². The summed E-state index contributed by atoms with van der Waals surface area (Å²) >= 11 is 0. The predicted molar refractivity (Wildman–Crippen MR) is 51.8 cm³/mol. The SMILES string of the molecule is Cc1conc1C(=O)NC(C)(C)CN. The lowest BCUT2D eigenvalue weighted by atomic mass is 10.1. The zero-order chi connectivity index (χ0) is 10.8. The van der Waals surface area contributed by atoms with E-state index in [1.165, 1.54) is 6.26 Å². The molecule has 5 nitrogen and oxygen atoms in total. The third-order valence-electron chi connectivity index (χ3n) is 1.92. The molecule has 0 aliphatic heterocycles. The number of hydrogen-bond donors (Lipinski definition) is 2. The molecule has 0 radical (unpaired) electrons. The fraction of sp³-hybridized carbons (Fsp3) is 0.556. The second kappa shape index (κ2) is 3.79. The van der Waals surface area contributed by atoms with Crippen LogP contribution in [-0.2, 0) is 0 Å². The molecule has 0 aliphatic rings. The zero-order valence-electron chi connectivity index (χ0n) is 8.63. The third-order valence-corrected chi connectivity index (χ3v) is 1.92. The number of carbonyl (C=O) groups is 1. The largest absolute Gasteiger partial charge is 0.364 e. The van der Waals surface area contributed by atoms with Gasteiger partial charge in [0.2, 0.25) is 0 Å². The van der Waals surface area contributed by atoms with Gasteiger partial charge < -0.3 is 15.6 Å². The molecule has 1 rings (SSSR count). The standard InChI is InChI=1S/C9H15N3O2/c1-6-4-14-12-7(6)8(13)11-9(2,3)5-10/h4H,5,10H2,1-3H3,(H,11,13). The Hall–Kier alpha value is -1.36. The van der Waals surface area contributed by atoms with Gasteiger partial charge >= 0.3 is 0 Å². The van der Waals surface area contributed by atoms with Crippen LogP contribution in [0.1, 0.15) is 29.9 Å². The molecule has 0 aliphatic carbocycles. The molecule has 14 heavy (non-hydrogen) atoms. The van der Waals surface area contributed by atoms with Crippen molar-refractivity contribution in [2.45, 2.75) is 26.3 Å². The van der Waals surface area contributed by atoms with Crippen molar-refractivity contribution in [3.8, 4) is 0 Å². The molecule has 78 valence electrons. The van der Waals surface area contributed by atoms with Gasteiger partial charge in [-0.15, -0.1) is 0 Å². The number of nitrogens with one attached hydrogen (secondary N) is 1. The summed E-state index contributed by atoms with van der Waals surface area (Å²) in [5.41, 5.74) is 6.09. The lowest BCUT2D eigenvalue weighted by Crippen LogP contribution is -2.49. The van der Waals surface area contributed by atoms with Crippen LogP contribution < -0.4 is 11.1 Å². The normalized spacial score (nSPS) is 11.4. The van der Waals surface area contributed by atoms with E-state index in [4.69, 9.17) is 5.73 Å². The molecule has 1 aromatic heterocycles. The van der Waals surface area contributed by atoms with Crippen LogP contribution in [0.25, 0.3) is 0 Å². The summed E-state index contributed by atoms with van der Waals surface area (Å²) in [5, 5.41) is 6.37. The van der Waals surface area contributed by atoms with Gasteiger partial charge in [-0.1, -0.05) is 5.16 Å². The Labute approximate surface area is 82.6 Å². The van der Waals surface area contributed by atoms with E-state index in [1.54, 1.807) is 6.92 Å². The summed E-state index contributed by atoms with van der Waals surface area (Å²) in [7, 11) is 0. The summed E-state index contributed by atoms with van der Waals surface area (Å²) in [4.78, 5) is 11.6. The van der Waals surface area contributed by atoms with E-state index in [9.17, 15) is 4.79 Å². The molecule has 3 N–H and O–H groups in total. The lowest BCUT2D eigenvalue weighted by molar-refractivity contribution is 0.0906. The van der Waals surface area contributed by atoms with Gasteiger partial charge in [0.05, 0.1) is 0 Å². The number of rotatable bonds is 3. The fourth-order valence-electron chi connectivity index (χ4n) is 0.924. The Morgan fingerprint density at radius 1 is 1.71 bits per heavy atom. The van der Waals surface area contributed by atoms with E-state index >= 15 is 0 Å². The van der Waals surface area contributed by atoms with Crippen LogP contribution in [0.15, 0.2) is 10.8 Å². The molecule has 0 unspecified atom stereocenters. The quantitative estimate of drug-likeness (QED) is 0.737. The lowest BCUT2D eigenvalue weighted by Gasteiger charge is -2.23. The highest BCUT2D eigenvalue weighted by Crippen LogP contribution is 2.07. The first-order valence-corrected chi connectivity index (χ1v) is 4.40. The Morgan fingerprint density at radius 3 is 2.79 bits per heavy atom. The molecule has 1 heterocycles. The number of amides is 1. The van der Waals surface area contributed by atoms with E-state index in [2.05, 4.69) is 15.0 Å². The van der Waals surface area contributed by atoms with E-state index < -0.39 is 5.54 Å². The Morgan fingerprint density at radius 2 is 2.36 bits per heavy atom. The summed E-state index contributed by atoms with van der Waals surface area (Å²) < 4.78 is 4.67. The van der Waals surface area contributed by atoms with Crippen molar-refractivity contribution >= 4 is 5.91 Å². The maximum atomic E-state index is 11.6. The molecule has 1 amide bonds. The molecule has 0 saturated heterocycles. The van der Waals surface area contributed by atoms with Gasteiger partial charge in [-0.05, 0) is 20.8 Å². The molecule has 0 fully saturated rings. The van der Waals surface area contributed by atoms with Gasteiger partial charge in [-0.2, -0.15) is 0 Å². The van der Waals surface area contributed by atoms with E-state index in [-0.39, 0.29) is 5.91 Å². The Kier molecular flexibility index (Phi) is 2.90. The van der Waals surface area contributed by atoms with E-state index in [0.717, 1.165) is 5.56 Å². The van der Waals surface area contributed by atoms with E-state index in [1.807, 2.05) is 13.8 Å². The molecular formula is C9H15N3O2. The van der Waals surface area contributed by atoms with Crippen LogP contribution in [-0.4, -0.2) is 23.1 Å². The fourth-order valence-corrected chi connectivity index (χ4v) is 0.924. The van der Waals surface area contributed by atoms with Gasteiger partial charge in [0.25, 0.3) is 5.91 Å². The maximum Gasteiger partial charge on any atom is 0.274 e. The van der Waals surface area contributed by atoms with Crippen LogP contribution in [0.4, 0.5) is 0 Å². The van der Waals surface area contributed by atoms with Gasteiger partial charge in [0, 0.05) is 17.6 Å². The minimum Gasteiger partial charge on any atom is -0.364 e. The van der Waals surface area contributed by atoms with Crippen molar-refractivity contribution < 1.29 is 9.32 Å². The van der Waals surface area contributed by atoms with Crippen molar-refractivity contribution in [1.82, 2.24) is 10.5 Å². The predicted octanol–water partition coefficient (Wildman–Crippen LogP) is 0.450. The first-order chi connectivity index (χ1) is 6.46. The second-order valence-electron chi connectivity index (χ2n) is 3.89. The number of aryl methyl sites for hydroxylation is 1. The number of aromatic nitrogens is 1. The average Bonchev–Trinajstić information content (AvgIpc) is 2.51. The number of nitrogens with zero attached hydrogens (tertiary/aromatic N) is 1. The highest BCUT2D eigenvalue weighted by molar-refractivity contribution is 5.93. The first kappa shape index (κ1) is 10.7. The Bertz CT molecular complexity index is 331. The molecule has 0 aromatic carbocycles. The first-order valence-electron chi connectivity index (χ1n) is 4.40. The van der Waals surface area contributed by atoms with Gasteiger partial charge in [-0.25, -0.2) is 0 Å². The molecule has 0 saturated carbocycles. The third kappa shape index (κ3) is 2.32. The van der Waals surface area contributed by atoms with Crippen LogP contribution in [0, 0.1) is 6.92 Å². The highest BCUT2D eigenvalue weighted by Gasteiger charge is 2.22. The van der Waals surface area contributed by atoms with Crippen molar-refractivity contribution in [2.24, 2.45) is 5.73 Å². The van der Waals surface area contributed by atoms with Crippen molar-refractivity contribution in [3.05, 3.63) is 17.5 Å². The van der Waals surface area contributed by atoms with Crippen molar-refractivity contribution in [2.75, 3.05) is 6.54 Å². The molecule has 5 heteroatoms. The number of hydrogen-bond acceptors (Lipinski definition) is 4. The molecule has 0 spiro atoms. The highest BCUT2D eigenvalue weighted by atomic mass is 16.5. The Balaban J connectivity index is 2.73. The molecule has 0 bridgehead atoms. The molecule has 0 atom stereocenters. The summed E-state index contributed by atoms with van der Waals surface area (Å²) in [6, 6.07) is 0. The minimum absolute atomic E-state index is 0.258. The summed E-state index contributed by atoms with van der Waals surface area (Å²) in [6.07, 6.45) is 1.43. The second-order valence-corrected chi connectivity index (χ2v) is 3.89. The van der Waals surface area contributed by atoms with Crippen LogP contribution in [0.5, 0.6) is 0 Å².